The van der Waals surface area contributed by atoms with Crippen molar-refractivity contribution in [2.75, 3.05) is 24.8 Å². The number of nitrogens with two attached hydrogens (primary N) is 1. The predicted octanol–water partition coefficient (Wildman–Crippen LogP) is 2.21. The summed E-state index contributed by atoms with van der Waals surface area (Å²) in [5.74, 6) is -0.399. The van der Waals surface area contributed by atoms with Crippen molar-refractivity contribution in [1.29, 1.82) is 0 Å². The van der Waals surface area contributed by atoms with Crippen molar-refractivity contribution in [2.24, 2.45) is 0 Å². The van der Waals surface area contributed by atoms with Gasteiger partial charge in [-0.05, 0) is 38.5 Å². The average molecular weight is 236 g/mol. The molecule has 0 aliphatic carbocycles. The Kier molecular flexibility index (Phi) is 3.99. The van der Waals surface area contributed by atoms with Gasteiger partial charge in [-0.2, -0.15) is 0 Å². The number of methoxy groups -OCH3 is 1. The molecule has 2 N–H and O–H groups in total. The minimum absolute atomic E-state index is 0.350. The number of nitrogen functional groups attached to an aromatic ring is 1. The van der Waals surface area contributed by atoms with Gasteiger partial charge in [-0.1, -0.05) is 0 Å². The van der Waals surface area contributed by atoms with E-state index in [1.807, 2.05) is 20.0 Å². The van der Waals surface area contributed by atoms with Crippen LogP contribution in [0.15, 0.2) is 12.1 Å². The van der Waals surface area contributed by atoms with Gasteiger partial charge in [0.15, 0.2) is 0 Å². The van der Waals surface area contributed by atoms with Gasteiger partial charge in [0.25, 0.3) is 0 Å². The Bertz CT molecular complexity index is 428. The van der Waals surface area contributed by atoms with Gasteiger partial charge in [0.1, 0.15) is 0 Å². The van der Waals surface area contributed by atoms with Crippen LogP contribution in [0.3, 0.4) is 0 Å². The molecule has 4 heteroatoms. The Morgan fingerprint density at radius 3 is 2.47 bits per heavy atom. The molecule has 0 radical (unpaired) electrons. The number of nitrogens with zero attached hydrogens (tertiary/aromatic N) is 1. The van der Waals surface area contributed by atoms with E-state index in [2.05, 4.69) is 18.7 Å². The summed E-state index contributed by atoms with van der Waals surface area (Å²) in [4.78, 5) is 13.7. The van der Waals surface area contributed by atoms with Crippen LogP contribution in [0.5, 0.6) is 0 Å². The van der Waals surface area contributed by atoms with Crippen LogP contribution in [0.1, 0.15) is 29.8 Å². The molecule has 0 heterocycles. The van der Waals surface area contributed by atoms with Crippen LogP contribution in [0, 0.1) is 6.92 Å². The Balaban J connectivity index is 3.28. The van der Waals surface area contributed by atoms with Crippen molar-refractivity contribution >= 4 is 17.3 Å². The summed E-state index contributed by atoms with van der Waals surface area (Å²) >= 11 is 0. The molecule has 0 atom stereocenters. The zero-order valence-electron chi connectivity index (χ0n) is 11.1. The minimum Gasteiger partial charge on any atom is -0.465 e. The van der Waals surface area contributed by atoms with Gasteiger partial charge in [0, 0.05) is 24.5 Å². The quantitative estimate of drug-likeness (QED) is 0.645. The fourth-order valence-corrected chi connectivity index (χ4v) is 1.56. The summed E-state index contributed by atoms with van der Waals surface area (Å²) in [6.45, 7) is 6.06. The molecule has 0 fully saturated rings. The molecule has 94 valence electrons. The van der Waals surface area contributed by atoms with Gasteiger partial charge in [0.2, 0.25) is 0 Å². The third-order valence-electron chi connectivity index (χ3n) is 2.96. The number of ether oxygens (including phenoxy) is 1. The summed E-state index contributed by atoms with van der Waals surface area (Å²) in [7, 11) is 3.34. The number of anilines is 2. The van der Waals surface area contributed by atoms with Crippen molar-refractivity contribution in [3.05, 3.63) is 23.3 Å². The van der Waals surface area contributed by atoms with E-state index in [0.717, 1.165) is 11.3 Å². The molecule has 0 bridgehead atoms. The first kappa shape index (κ1) is 13.4. The third kappa shape index (κ3) is 2.70. The van der Waals surface area contributed by atoms with E-state index in [-0.39, 0.29) is 0 Å². The molecule has 4 nitrogen and oxygen atoms in total. The van der Waals surface area contributed by atoms with E-state index in [1.165, 1.54) is 7.11 Å². The van der Waals surface area contributed by atoms with Crippen LogP contribution >= 0.6 is 0 Å². The maximum Gasteiger partial charge on any atom is 0.340 e. The number of rotatable bonds is 3. The molecule has 0 aliphatic heterocycles. The molecule has 0 saturated carbocycles. The number of hydrogen-bond acceptors (Lipinski definition) is 4. The Labute approximate surface area is 102 Å². The van der Waals surface area contributed by atoms with E-state index < -0.39 is 5.97 Å². The van der Waals surface area contributed by atoms with Crippen molar-refractivity contribution in [1.82, 2.24) is 0 Å². The lowest BCUT2D eigenvalue weighted by Crippen LogP contribution is -2.26. The Hall–Kier alpha value is -1.71. The predicted molar refractivity (Wildman–Crippen MR) is 70.5 cm³/mol. The number of esters is 1. The molecule has 1 rings (SSSR count). The third-order valence-corrected chi connectivity index (χ3v) is 2.96. The largest absolute Gasteiger partial charge is 0.465 e. The summed E-state index contributed by atoms with van der Waals surface area (Å²) in [5.41, 5.74) is 8.64. The van der Waals surface area contributed by atoms with Crippen LogP contribution in [-0.2, 0) is 4.74 Å². The fraction of sp³-hybridized carbons (Fsp3) is 0.462. The zero-order valence-corrected chi connectivity index (χ0v) is 11.1. The highest BCUT2D eigenvalue weighted by molar-refractivity contribution is 5.97. The minimum atomic E-state index is -0.399. The molecular formula is C13H20N2O2. The summed E-state index contributed by atoms with van der Waals surface area (Å²) in [5, 5.41) is 0. The molecular weight excluding hydrogens is 216 g/mol. The lowest BCUT2D eigenvalue weighted by molar-refractivity contribution is 0.0602. The first-order chi connectivity index (χ1) is 7.88. The van der Waals surface area contributed by atoms with Crippen LogP contribution < -0.4 is 10.6 Å². The number of aryl methyl sites for hydroxylation is 1. The normalized spacial score (nSPS) is 10.5. The second-order valence-electron chi connectivity index (χ2n) is 4.42. The summed E-state index contributed by atoms with van der Waals surface area (Å²) < 4.78 is 4.73. The molecule has 0 amide bonds. The van der Waals surface area contributed by atoms with Crippen molar-refractivity contribution < 1.29 is 9.53 Å². The lowest BCUT2D eigenvalue weighted by atomic mass is 10.1. The fourth-order valence-electron chi connectivity index (χ4n) is 1.56. The molecule has 1 aromatic carbocycles. The van der Waals surface area contributed by atoms with Gasteiger partial charge < -0.3 is 15.4 Å². The highest BCUT2D eigenvalue weighted by atomic mass is 16.5. The van der Waals surface area contributed by atoms with Crippen LogP contribution in [0.25, 0.3) is 0 Å². The molecule has 0 saturated heterocycles. The van der Waals surface area contributed by atoms with E-state index in [4.69, 9.17) is 10.5 Å². The standard InChI is InChI=1S/C13H20N2O2/c1-8(2)15(4)10-6-9(3)12(14)11(7-10)13(16)17-5/h6-8H,14H2,1-5H3. The molecule has 0 unspecified atom stereocenters. The zero-order chi connectivity index (χ0) is 13.2. The average Bonchev–Trinajstić information content (AvgIpc) is 2.30. The maximum atomic E-state index is 11.6. The summed E-state index contributed by atoms with van der Waals surface area (Å²) in [6.07, 6.45) is 0. The van der Waals surface area contributed by atoms with Gasteiger partial charge in [-0.3, -0.25) is 0 Å². The van der Waals surface area contributed by atoms with Crippen molar-refractivity contribution in [2.45, 2.75) is 26.8 Å². The number of carbonyl (C=O) groups is 1. The monoisotopic (exact) mass is 236 g/mol. The van der Waals surface area contributed by atoms with Gasteiger partial charge >= 0.3 is 5.97 Å². The molecule has 17 heavy (non-hydrogen) atoms. The number of carbonyl (C=O) groups excluding carboxylic acids is 1. The maximum absolute atomic E-state index is 11.6. The lowest BCUT2D eigenvalue weighted by Gasteiger charge is -2.25. The van der Waals surface area contributed by atoms with E-state index in [9.17, 15) is 4.79 Å². The van der Waals surface area contributed by atoms with Gasteiger partial charge in [0.05, 0.1) is 12.7 Å². The van der Waals surface area contributed by atoms with E-state index in [0.29, 0.717) is 17.3 Å². The van der Waals surface area contributed by atoms with Gasteiger partial charge in [-0.25, -0.2) is 4.79 Å². The molecule has 1 aromatic rings. The molecule has 0 aliphatic rings. The Morgan fingerprint density at radius 1 is 1.41 bits per heavy atom. The first-order valence-corrected chi connectivity index (χ1v) is 5.59. The smallest absolute Gasteiger partial charge is 0.340 e. The van der Waals surface area contributed by atoms with Crippen molar-refractivity contribution in [3.63, 3.8) is 0 Å². The topological polar surface area (TPSA) is 55.6 Å². The van der Waals surface area contributed by atoms with E-state index >= 15 is 0 Å². The van der Waals surface area contributed by atoms with Crippen molar-refractivity contribution in [3.8, 4) is 0 Å². The molecule has 0 aromatic heterocycles. The number of benzene rings is 1. The van der Waals surface area contributed by atoms with Crippen LogP contribution in [0.2, 0.25) is 0 Å². The second-order valence-corrected chi connectivity index (χ2v) is 4.42. The first-order valence-electron chi connectivity index (χ1n) is 5.59. The number of hydrogen-bond donors (Lipinski definition) is 1. The van der Waals surface area contributed by atoms with Crippen LogP contribution in [0.4, 0.5) is 11.4 Å². The highest BCUT2D eigenvalue weighted by Gasteiger charge is 2.15. The SMILES string of the molecule is COC(=O)c1cc(N(C)C(C)C)cc(C)c1N. The van der Waals surface area contributed by atoms with Gasteiger partial charge in [-0.15, -0.1) is 0 Å². The Morgan fingerprint density at radius 2 is 2.00 bits per heavy atom. The highest BCUT2D eigenvalue weighted by Crippen LogP contribution is 2.26. The second kappa shape index (κ2) is 5.08. The van der Waals surface area contributed by atoms with Crippen LogP contribution in [-0.4, -0.2) is 26.2 Å². The van der Waals surface area contributed by atoms with E-state index in [1.54, 1.807) is 6.07 Å². The summed E-state index contributed by atoms with van der Waals surface area (Å²) in [6, 6.07) is 4.10. The molecule has 0 spiro atoms.